The molecule has 0 N–H and O–H groups in total. The summed E-state index contributed by atoms with van der Waals surface area (Å²) in [5.74, 6) is 0. The zero-order valence-corrected chi connectivity index (χ0v) is 41.8. The molecule has 0 fully saturated rings. The molecule has 1 heterocycles. The Labute approximate surface area is 440 Å². The van der Waals surface area contributed by atoms with Gasteiger partial charge >= 0.3 is 0 Å². The average Bonchev–Trinajstić information content (AvgIpc) is 3.86. The third kappa shape index (κ3) is 8.17. The lowest BCUT2D eigenvalue weighted by Gasteiger charge is -2.30. The van der Waals surface area contributed by atoms with Crippen LogP contribution in [-0.2, 0) is 0 Å². The van der Waals surface area contributed by atoms with E-state index in [1.807, 2.05) is 11.3 Å². The van der Waals surface area contributed by atoms with Crippen molar-refractivity contribution in [2.45, 2.75) is 0 Å². The predicted molar refractivity (Wildman–Crippen MR) is 323 cm³/mol. The highest BCUT2D eigenvalue weighted by Gasteiger charge is 2.22. The van der Waals surface area contributed by atoms with E-state index in [0.29, 0.717) is 0 Å². The van der Waals surface area contributed by atoms with E-state index in [4.69, 9.17) is 0 Å². The zero-order chi connectivity index (χ0) is 49.7. The number of thiophene rings is 1. The van der Waals surface area contributed by atoms with Gasteiger partial charge in [0.1, 0.15) is 0 Å². The first-order valence-corrected chi connectivity index (χ1v) is 26.5. The minimum absolute atomic E-state index is 1.07. The van der Waals surface area contributed by atoms with E-state index in [0.717, 1.165) is 50.8 Å². The van der Waals surface area contributed by atoms with E-state index in [9.17, 15) is 0 Å². The maximum atomic E-state index is 2.45. The van der Waals surface area contributed by atoms with Crippen molar-refractivity contribution in [2.75, 3.05) is 9.80 Å². The van der Waals surface area contributed by atoms with Gasteiger partial charge in [-0.15, -0.1) is 11.3 Å². The highest BCUT2D eigenvalue weighted by Crippen LogP contribution is 2.47. The Morgan fingerprint density at radius 1 is 0.213 bits per heavy atom. The molecule has 0 unspecified atom stereocenters. The molecule has 0 atom stereocenters. The van der Waals surface area contributed by atoms with Crippen LogP contribution < -0.4 is 9.80 Å². The quantitative estimate of drug-likeness (QED) is 0.135. The van der Waals surface area contributed by atoms with E-state index >= 15 is 0 Å². The summed E-state index contributed by atoms with van der Waals surface area (Å²) in [5.41, 5.74) is 16.0. The standard InChI is InChI=1S/C72H48N2S/c1-2-16-49(17-3-1)50-34-36-51(37-35-50)54-22-12-25-61(45-54)74(70-32-15-21-53-19-5-7-27-64(53)70)69-30-10-8-28-65(69)59-23-13-24-60(47-59)73(68-31-14-20-52-18-4-6-26-63(52)68)62-42-40-56-44-55(38-39-57(56)46-62)58-41-43-67-66-29-9-11-33-71(66)75-72(67)48-58/h1-48H. The number of nitrogens with zero attached hydrogens (tertiary/aromatic N) is 2. The molecule has 0 amide bonds. The lowest BCUT2D eigenvalue weighted by atomic mass is 9.97. The van der Waals surface area contributed by atoms with Crippen molar-refractivity contribution in [3.05, 3.63) is 291 Å². The van der Waals surface area contributed by atoms with Crippen LogP contribution in [0.3, 0.4) is 0 Å². The van der Waals surface area contributed by atoms with E-state index in [-0.39, 0.29) is 0 Å². The van der Waals surface area contributed by atoms with Gasteiger partial charge in [-0.25, -0.2) is 0 Å². The average molecular weight is 973 g/mol. The predicted octanol–water partition coefficient (Wildman–Crippen LogP) is 21.1. The molecule has 14 aromatic rings. The molecule has 0 saturated heterocycles. The van der Waals surface area contributed by atoms with Crippen LogP contribution >= 0.6 is 11.3 Å². The lowest BCUT2D eigenvalue weighted by molar-refractivity contribution is 1.29. The molecular formula is C72H48N2S. The number of anilines is 6. The van der Waals surface area contributed by atoms with Crippen molar-refractivity contribution < 1.29 is 0 Å². The highest BCUT2D eigenvalue weighted by molar-refractivity contribution is 7.25. The molecule has 0 radical (unpaired) electrons. The van der Waals surface area contributed by atoms with Gasteiger partial charge < -0.3 is 9.80 Å². The van der Waals surface area contributed by atoms with Crippen LogP contribution in [0.2, 0.25) is 0 Å². The molecule has 0 aliphatic carbocycles. The van der Waals surface area contributed by atoms with Gasteiger partial charge in [0.2, 0.25) is 0 Å². The Balaban J connectivity index is 0.885. The summed E-state index contributed by atoms with van der Waals surface area (Å²) < 4.78 is 2.64. The van der Waals surface area contributed by atoms with Crippen LogP contribution in [0.4, 0.5) is 34.1 Å². The minimum atomic E-state index is 1.07. The molecule has 13 aromatic carbocycles. The number of rotatable bonds is 10. The molecule has 0 saturated carbocycles. The summed E-state index contributed by atoms with van der Waals surface area (Å²) >= 11 is 1.87. The van der Waals surface area contributed by atoms with E-state index in [2.05, 4.69) is 301 Å². The summed E-state index contributed by atoms with van der Waals surface area (Å²) in [6.07, 6.45) is 0. The Bertz CT molecular complexity index is 4430. The molecule has 14 rings (SSSR count). The first-order valence-electron chi connectivity index (χ1n) is 25.6. The molecule has 0 spiro atoms. The van der Waals surface area contributed by atoms with E-state index in [1.165, 1.54) is 80.3 Å². The van der Waals surface area contributed by atoms with Gasteiger partial charge in [-0.3, -0.25) is 0 Å². The topological polar surface area (TPSA) is 6.48 Å². The van der Waals surface area contributed by atoms with Gasteiger partial charge in [-0.1, -0.05) is 218 Å². The first kappa shape index (κ1) is 44.2. The van der Waals surface area contributed by atoms with Gasteiger partial charge in [0, 0.05) is 53.6 Å². The van der Waals surface area contributed by atoms with Crippen LogP contribution in [0.25, 0.3) is 97.0 Å². The molecule has 3 heteroatoms. The second kappa shape index (κ2) is 18.8. The molecule has 0 aliphatic heterocycles. The molecule has 75 heavy (non-hydrogen) atoms. The SMILES string of the molecule is c1ccc(-c2ccc(-c3cccc(N(c4ccccc4-c4cccc(N(c5ccc6cc(-c7ccc8c(c7)sc7ccccc78)ccc6c5)c5cccc6ccccc56)c4)c4cccc5ccccc45)c3)cc2)cc1. The van der Waals surface area contributed by atoms with Gasteiger partial charge in [-0.05, 0) is 133 Å². The van der Waals surface area contributed by atoms with Crippen LogP contribution in [-0.4, -0.2) is 0 Å². The fraction of sp³-hybridized carbons (Fsp3) is 0. The molecular weight excluding hydrogens is 925 g/mol. The smallest absolute Gasteiger partial charge is 0.0540 e. The number of para-hydroxylation sites is 1. The van der Waals surface area contributed by atoms with Crippen LogP contribution in [0.5, 0.6) is 0 Å². The largest absolute Gasteiger partial charge is 0.310 e. The van der Waals surface area contributed by atoms with Crippen LogP contribution in [0, 0.1) is 0 Å². The van der Waals surface area contributed by atoms with Crippen molar-refractivity contribution >= 4 is 98.0 Å². The van der Waals surface area contributed by atoms with Crippen molar-refractivity contribution in [1.82, 2.24) is 0 Å². The maximum absolute atomic E-state index is 2.45. The van der Waals surface area contributed by atoms with Gasteiger partial charge in [0.25, 0.3) is 0 Å². The lowest BCUT2D eigenvalue weighted by Crippen LogP contribution is -2.12. The summed E-state index contributed by atoms with van der Waals surface area (Å²) in [6.45, 7) is 0. The fourth-order valence-electron chi connectivity index (χ4n) is 11.1. The van der Waals surface area contributed by atoms with E-state index in [1.54, 1.807) is 0 Å². The Kier molecular flexibility index (Phi) is 11.1. The van der Waals surface area contributed by atoms with Crippen molar-refractivity contribution in [3.8, 4) is 44.5 Å². The normalized spacial score (nSPS) is 11.5. The Morgan fingerprint density at radius 3 is 1.44 bits per heavy atom. The number of hydrogen-bond acceptors (Lipinski definition) is 3. The molecule has 0 bridgehead atoms. The summed E-state index contributed by atoms with van der Waals surface area (Å²) in [6, 6.07) is 107. The third-order valence-electron chi connectivity index (χ3n) is 14.8. The monoisotopic (exact) mass is 972 g/mol. The van der Waals surface area contributed by atoms with Crippen molar-refractivity contribution in [3.63, 3.8) is 0 Å². The number of benzene rings is 13. The van der Waals surface area contributed by atoms with Gasteiger partial charge in [0.15, 0.2) is 0 Å². The molecule has 352 valence electrons. The summed E-state index contributed by atoms with van der Waals surface area (Å²) in [5, 5.41) is 9.80. The number of fused-ring (bicyclic) bond motifs is 6. The molecule has 1 aromatic heterocycles. The third-order valence-corrected chi connectivity index (χ3v) is 15.9. The van der Waals surface area contributed by atoms with E-state index < -0.39 is 0 Å². The fourth-order valence-corrected chi connectivity index (χ4v) is 12.3. The van der Waals surface area contributed by atoms with Crippen LogP contribution in [0.15, 0.2) is 291 Å². The van der Waals surface area contributed by atoms with Crippen LogP contribution in [0.1, 0.15) is 0 Å². The Hall–Kier alpha value is -9.54. The summed E-state index contributed by atoms with van der Waals surface area (Å²) in [4.78, 5) is 4.89. The maximum Gasteiger partial charge on any atom is 0.0540 e. The van der Waals surface area contributed by atoms with Gasteiger partial charge in [-0.2, -0.15) is 0 Å². The second-order valence-corrected chi connectivity index (χ2v) is 20.4. The Morgan fingerprint density at radius 2 is 0.667 bits per heavy atom. The first-order chi connectivity index (χ1) is 37.2. The second-order valence-electron chi connectivity index (χ2n) is 19.3. The molecule has 0 aliphatic rings. The van der Waals surface area contributed by atoms with Crippen molar-refractivity contribution in [2.24, 2.45) is 0 Å². The zero-order valence-electron chi connectivity index (χ0n) is 41.0. The van der Waals surface area contributed by atoms with Crippen molar-refractivity contribution in [1.29, 1.82) is 0 Å². The molecule has 2 nitrogen and oxygen atoms in total. The number of hydrogen-bond donors (Lipinski definition) is 0. The highest BCUT2D eigenvalue weighted by atomic mass is 32.1. The minimum Gasteiger partial charge on any atom is -0.310 e. The van der Waals surface area contributed by atoms with Gasteiger partial charge in [0.05, 0.1) is 17.1 Å². The summed E-state index contributed by atoms with van der Waals surface area (Å²) in [7, 11) is 0.